The summed E-state index contributed by atoms with van der Waals surface area (Å²) in [5.74, 6) is 3.91. The molecule has 6 aliphatic rings. The smallest absolute Gasteiger partial charge is 0.279 e. The lowest BCUT2D eigenvalue weighted by atomic mass is 9.35. The lowest BCUT2D eigenvalue weighted by molar-refractivity contribution is -0.00514. The van der Waals surface area contributed by atoms with Crippen molar-refractivity contribution in [3.8, 4) is 22.6 Å². The molecule has 4 saturated carbocycles. The van der Waals surface area contributed by atoms with Crippen LogP contribution in [-0.4, -0.2) is 11.7 Å². The first kappa shape index (κ1) is 49.1. The Morgan fingerprint density at radius 3 is 1.39 bits per heavy atom. The molecule has 4 bridgehead atoms. The Kier molecular flexibility index (Phi) is 11.0. The van der Waals surface area contributed by atoms with Crippen LogP contribution < -0.4 is 26.3 Å². The van der Waals surface area contributed by atoms with E-state index in [0.29, 0.717) is 5.89 Å². The van der Waals surface area contributed by atoms with E-state index in [0.717, 1.165) is 40.5 Å². The highest BCUT2D eigenvalue weighted by Gasteiger charge is 2.54. The molecule has 380 valence electrons. The summed E-state index contributed by atoms with van der Waals surface area (Å²) in [4.78, 5) is 10.9. The van der Waals surface area contributed by atoms with Crippen LogP contribution in [0.2, 0.25) is 0 Å². The SMILES string of the molecule is CC(C)(C)c1ccc(-c2ccc(-c3nc4c(o3)N(c3cc(C(C)(C)C)cc(C(C)(C)C)c3)c3cc(C56CC7CC(CC(C7)C5)C6)cc5c3B4c3cc(C(C)(C)C)ccc3N5c3ccc(C(C)(C)C)cc3)cc2)cc1. The highest BCUT2D eigenvalue weighted by Crippen LogP contribution is 2.62. The molecule has 0 amide bonds. The molecular weight excluding hydrogens is 898 g/mol. The molecule has 13 rings (SSSR count). The van der Waals surface area contributed by atoms with Crippen LogP contribution in [0.4, 0.5) is 34.3 Å². The normalized spacial score (nSPS) is 21.2. The minimum Gasteiger partial charge on any atom is -0.420 e. The van der Waals surface area contributed by atoms with E-state index in [2.05, 4.69) is 235 Å². The first-order chi connectivity index (χ1) is 34.7. The molecule has 3 heterocycles. The van der Waals surface area contributed by atoms with Gasteiger partial charge in [0.25, 0.3) is 6.71 Å². The molecule has 74 heavy (non-hydrogen) atoms. The average molecular weight is 978 g/mol. The predicted molar refractivity (Wildman–Crippen MR) is 315 cm³/mol. The second kappa shape index (κ2) is 16.6. The van der Waals surface area contributed by atoms with E-state index in [1.54, 1.807) is 0 Å². The van der Waals surface area contributed by atoms with Crippen LogP contribution >= 0.6 is 0 Å². The molecule has 0 spiro atoms. The van der Waals surface area contributed by atoms with Gasteiger partial charge in [-0.1, -0.05) is 171 Å². The molecule has 0 N–H and O–H groups in total. The van der Waals surface area contributed by atoms with Crippen molar-refractivity contribution in [3.63, 3.8) is 0 Å². The molecule has 0 atom stereocenters. The van der Waals surface area contributed by atoms with Crippen LogP contribution in [0.3, 0.4) is 0 Å². The van der Waals surface area contributed by atoms with E-state index in [1.165, 1.54) is 117 Å². The van der Waals surface area contributed by atoms with Gasteiger partial charge in [0, 0.05) is 34.0 Å². The summed E-state index contributed by atoms with van der Waals surface area (Å²) < 4.78 is 7.52. The highest BCUT2D eigenvalue weighted by atomic mass is 16.4. The standard InChI is InChI=1S/C69H80BN3O/c1-64(2,3)48-22-20-46(21-23-48)45-16-18-47(19-17-45)62-71-61-63(74-62)73(55-34-51(67(10,11)12)33-52(35-55)68(13,14)15)59-38-53(69-39-42-30-43(40-69)32-44(31-42)41-69)37-58-60(59)70(61)56-36-50(66(7,8)9)26-29-57(56)72(58)54-27-24-49(25-28-54)65(4,5)6/h16-29,33-38,42-44H,30-32,39-41H2,1-15H3. The van der Waals surface area contributed by atoms with Crippen molar-refractivity contribution >= 4 is 57.6 Å². The third-order valence-electron chi connectivity index (χ3n) is 18.2. The number of fused-ring (bicyclic) bond motifs is 4. The number of oxazole rings is 1. The number of nitrogens with zero attached hydrogens (tertiary/aromatic N) is 3. The van der Waals surface area contributed by atoms with Crippen LogP contribution in [-0.2, 0) is 32.5 Å². The van der Waals surface area contributed by atoms with Crippen LogP contribution in [0.25, 0.3) is 22.6 Å². The van der Waals surface area contributed by atoms with Gasteiger partial charge in [-0.3, -0.25) is 4.90 Å². The van der Waals surface area contributed by atoms with E-state index in [4.69, 9.17) is 9.40 Å². The third kappa shape index (κ3) is 8.29. The van der Waals surface area contributed by atoms with Crippen molar-refractivity contribution in [1.29, 1.82) is 0 Å². The van der Waals surface area contributed by atoms with Crippen molar-refractivity contribution < 1.29 is 4.42 Å². The Balaban J connectivity index is 1.14. The maximum Gasteiger partial charge on any atom is 0.279 e. The molecule has 2 aliphatic heterocycles. The monoisotopic (exact) mass is 978 g/mol. The number of aromatic nitrogens is 1. The van der Waals surface area contributed by atoms with E-state index in [1.807, 2.05) is 0 Å². The van der Waals surface area contributed by atoms with Gasteiger partial charge < -0.3 is 9.32 Å². The molecular formula is C69H80BN3O. The van der Waals surface area contributed by atoms with Gasteiger partial charge in [-0.2, -0.15) is 0 Å². The summed E-state index contributed by atoms with van der Waals surface area (Å²) in [6, 6.07) is 47.5. The molecule has 0 radical (unpaired) electrons. The van der Waals surface area contributed by atoms with Crippen LogP contribution in [0, 0.1) is 17.8 Å². The zero-order valence-electron chi connectivity index (χ0n) is 47.3. The quantitative estimate of drug-likeness (QED) is 0.161. The molecule has 4 nitrogen and oxygen atoms in total. The van der Waals surface area contributed by atoms with Crippen molar-refractivity contribution in [2.45, 2.75) is 175 Å². The van der Waals surface area contributed by atoms with E-state index < -0.39 is 0 Å². The van der Waals surface area contributed by atoms with Gasteiger partial charge in [0.1, 0.15) is 0 Å². The summed E-state index contributed by atoms with van der Waals surface area (Å²) >= 11 is 0. The third-order valence-corrected chi connectivity index (χ3v) is 18.2. The largest absolute Gasteiger partial charge is 0.420 e. The summed E-state index contributed by atoms with van der Waals surface area (Å²) in [5.41, 5.74) is 21.2. The fourth-order valence-electron chi connectivity index (χ4n) is 14.2. The number of benzene rings is 6. The number of rotatable bonds is 5. The molecule has 4 aliphatic carbocycles. The molecule has 0 saturated heterocycles. The lowest BCUT2D eigenvalue weighted by Crippen LogP contribution is -2.62. The van der Waals surface area contributed by atoms with E-state index in [-0.39, 0.29) is 39.2 Å². The maximum atomic E-state index is 7.52. The molecule has 1 aromatic heterocycles. The van der Waals surface area contributed by atoms with Crippen LogP contribution in [0.1, 0.15) is 176 Å². The Morgan fingerprint density at radius 2 is 0.892 bits per heavy atom. The van der Waals surface area contributed by atoms with Gasteiger partial charge in [-0.15, -0.1) is 0 Å². The van der Waals surface area contributed by atoms with Crippen molar-refractivity contribution in [3.05, 3.63) is 155 Å². The topological polar surface area (TPSA) is 32.5 Å². The van der Waals surface area contributed by atoms with Crippen LogP contribution in [0.5, 0.6) is 0 Å². The number of anilines is 6. The average Bonchev–Trinajstić information content (AvgIpc) is 3.77. The van der Waals surface area contributed by atoms with Crippen LogP contribution in [0.15, 0.2) is 126 Å². The zero-order chi connectivity index (χ0) is 52.2. The Morgan fingerprint density at radius 1 is 0.446 bits per heavy atom. The minimum atomic E-state index is -0.162. The fourth-order valence-corrected chi connectivity index (χ4v) is 14.2. The summed E-state index contributed by atoms with van der Waals surface area (Å²) in [5, 5.41) is 0. The summed E-state index contributed by atoms with van der Waals surface area (Å²) in [6.45, 7) is 34.8. The maximum absolute atomic E-state index is 7.52. The van der Waals surface area contributed by atoms with Gasteiger partial charge in [-0.25, -0.2) is 4.98 Å². The first-order valence-electron chi connectivity index (χ1n) is 28.1. The zero-order valence-corrected chi connectivity index (χ0v) is 47.3. The lowest BCUT2D eigenvalue weighted by Gasteiger charge is -2.57. The Bertz CT molecular complexity index is 3250. The Hall–Kier alpha value is -5.81. The number of hydrogen-bond acceptors (Lipinski definition) is 4. The van der Waals surface area contributed by atoms with Gasteiger partial charge in [0.05, 0.1) is 5.59 Å². The van der Waals surface area contributed by atoms with E-state index in [9.17, 15) is 0 Å². The fraction of sp³-hybridized carbons (Fsp3) is 0.435. The van der Waals surface area contributed by atoms with Gasteiger partial charge >= 0.3 is 0 Å². The van der Waals surface area contributed by atoms with Gasteiger partial charge in [0.15, 0.2) is 0 Å². The van der Waals surface area contributed by atoms with Gasteiger partial charge in [0.2, 0.25) is 11.8 Å². The van der Waals surface area contributed by atoms with Gasteiger partial charge in [-0.05, 0) is 199 Å². The molecule has 0 unspecified atom stereocenters. The molecule has 5 heteroatoms. The molecule has 7 aromatic rings. The predicted octanol–water partition coefficient (Wildman–Crippen LogP) is 17.0. The van der Waals surface area contributed by atoms with Crippen molar-refractivity contribution in [2.75, 3.05) is 9.80 Å². The van der Waals surface area contributed by atoms with E-state index >= 15 is 0 Å². The summed E-state index contributed by atoms with van der Waals surface area (Å²) in [7, 11) is 0. The Labute approximate surface area is 444 Å². The summed E-state index contributed by atoms with van der Waals surface area (Å²) in [6.07, 6.45) is 8.08. The molecule has 4 fully saturated rings. The highest BCUT2D eigenvalue weighted by molar-refractivity contribution is 6.99. The molecule has 6 aromatic carbocycles. The first-order valence-corrected chi connectivity index (χ1v) is 28.1. The minimum absolute atomic E-state index is 0.0374. The van der Waals surface area contributed by atoms with Crippen molar-refractivity contribution in [2.24, 2.45) is 17.8 Å². The number of hydrogen-bond donors (Lipinski definition) is 0. The van der Waals surface area contributed by atoms with Crippen molar-refractivity contribution in [1.82, 2.24) is 4.98 Å². The second-order valence-corrected chi connectivity index (χ2v) is 28.9. The second-order valence-electron chi connectivity index (χ2n) is 28.9.